The van der Waals surface area contributed by atoms with Gasteiger partial charge >= 0.3 is 0 Å². The molecule has 1 aromatic rings. The maximum absolute atomic E-state index is 13.0. The lowest BCUT2D eigenvalue weighted by molar-refractivity contribution is -0.126. The van der Waals surface area contributed by atoms with E-state index in [0.29, 0.717) is 17.6 Å². The minimum absolute atomic E-state index is 0.000614. The molecule has 1 aromatic heterocycles. The van der Waals surface area contributed by atoms with Crippen LogP contribution in [-0.4, -0.2) is 33.7 Å². The van der Waals surface area contributed by atoms with Gasteiger partial charge in [0.15, 0.2) is 0 Å². The van der Waals surface area contributed by atoms with Gasteiger partial charge in [0.1, 0.15) is 0 Å². The van der Waals surface area contributed by atoms with E-state index in [1.807, 2.05) is 13.8 Å². The second kappa shape index (κ2) is 12.4. The highest BCUT2D eigenvalue weighted by Crippen LogP contribution is 2.24. The zero-order chi connectivity index (χ0) is 21.2. The van der Waals surface area contributed by atoms with Gasteiger partial charge in [-0.2, -0.15) is 0 Å². The third-order valence-corrected chi connectivity index (χ3v) is 6.21. The second-order valence-corrected chi connectivity index (χ2v) is 10.0. The third-order valence-electron chi connectivity index (χ3n) is 5.35. The van der Waals surface area contributed by atoms with Crippen molar-refractivity contribution in [3.8, 4) is 0 Å². The fourth-order valence-electron chi connectivity index (χ4n) is 3.61. The summed E-state index contributed by atoms with van der Waals surface area (Å²) < 4.78 is 5.59. The largest absolute Gasteiger partial charge is 0.408 e. The molecular formula is C22H37N3O3S. The lowest BCUT2D eigenvalue weighted by Crippen LogP contribution is -2.44. The number of carbonyl (C=O) groups excluding carboxylic acids is 2. The summed E-state index contributed by atoms with van der Waals surface area (Å²) in [6.07, 6.45) is 9.24. The Morgan fingerprint density at radius 1 is 1.03 bits per heavy atom. The van der Waals surface area contributed by atoms with Gasteiger partial charge in [-0.15, -0.1) is 10.2 Å². The van der Waals surface area contributed by atoms with E-state index in [9.17, 15) is 9.59 Å². The first kappa shape index (κ1) is 23.9. The number of ketones is 1. The van der Waals surface area contributed by atoms with Gasteiger partial charge < -0.3 is 9.73 Å². The molecule has 1 amide bonds. The highest BCUT2D eigenvalue weighted by Gasteiger charge is 2.30. The van der Waals surface area contributed by atoms with E-state index >= 15 is 0 Å². The van der Waals surface area contributed by atoms with E-state index in [4.69, 9.17) is 4.42 Å². The van der Waals surface area contributed by atoms with E-state index in [-0.39, 0.29) is 29.4 Å². The first-order valence-electron chi connectivity index (χ1n) is 11.2. The van der Waals surface area contributed by atoms with Crippen molar-refractivity contribution in [1.29, 1.82) is 0 Å². The van der Waals surface area contributed by atoms with Gasteiger partial charge in [-0.05, 0) is 37.5 Å². The number of hydrogen-bond acceptors (Lipinski definition) is 6. The SMILES string of the molecule is CC(C)CCSc1nnc(C(=O)C(CC(C)C)NC(=O)C2CCCCCCC2)o1. The Kier molecular flexibility index (Phi) is 10.2. The molecule has 0 aromatic carbocycles. The number of hydrogen-bond donors (Lipinski definition) is 1. The molecule has 1 aliphatic rings. The Bertz CT molecular complexity index is 637. The zero-order valence-electron chi connectivity index (χ0n) is 18.4. The van der Waals surface area contributed by atoms with Gasteiger partial charge in [0, 0.05) is 11.7 Å². The fraction of sp³-hybridized carbons (Fsp3) is 0.818. The topological polar surface area (TPSA) is 85.1 Å². The predicted octanol–water partition coefficient (Wildman–Crippen LogP) is 5.28. The molecule has 1 aliphatic carbocycles. The molecule has 1 N–H and O–H groups in total. The number of amides is 1. The molecular weight excluding hydrogens is 386 g/mol. The first-order valence-corrected chi connectivity index (χ1v) is 12.2. The highest BCUT2D eigenvalue weighted by atomic mass is 32.2. The molecule has 0 radical (unpaired) electrons. The van der Waals surface area contributed by atoms with Crippen molar-refractivity contribution in [1.82, 2.24) is 15.5 Å². The number of rotatable bonds is 10. The van der Waals surface area contributed by atoms with E-state index < -0.39 is 6.04 Å². The number of nitrogens with one attached hydrogen (secondary N) is 1. The Morgan fingerprint density at radius 2 is 1.69 bits per heavy atom. The Labute approximate surface area is 179 Å². The van der Waals surface area contributed by atoms with E-state index in [2.05, 4.69) is 29.4 Å². The zero-order valence-corrected chi connectivity index (χ0v) is 19.2. The Hall–Kier alpha value is -1.37. The molecule has 0 bridgehead atoms. The van der Waals surface area contributed by atoms with Gasteiger partial charge in [-0.3, -0.25) is 9.59 Å². The minimum atomic E-state index is -0.609. The summed E-state index contributed by atoms with van der Waals surface area (Å²) in [6, 6.07) is -0.609. The van der Waals surface area contributed by atoms with E-state index in [0.717, 1.165) is 37.9 Å². The lowest BCUT2D eigenvalue weighted by Gasteiger charge is -2.23. The summed E-state index contributed by atoms with van der Waals surface area (Å²) in [5.74, 6) is 1.47. The molecule has 164 valence electrons. The van der Waals surface area contributed by atoms with Gasteiger partial charge in [0.05, 0.1) is 6.04 Å². The molecule has 6 nitrogen and oxygen atoms in total. The van der Waals surface area contributed by atoms with Gasteiger partial charge in [0.2, 0.25) is 11.7 Å². The number of Topliss-reactive ketones (excluding diaryl/α,β-unsaturated/α-hetero) is 1. The lowest BCUT2D eigenvalue weighted by atomic mass is 9.90. The second-order valence-electron chi connectivity index (χ2n) is 9.00. The van der Waals surface area contributed by atoms with Crippen molar-refractivity contribution in [3.05, 3.63) is 5.89 Å². The molecule has 1 saturated carbocycles. The molecule has 29 heavy (non-hydrogen) atoms. The van der Waals surface area contributed by atoms with Gasteiger partial charge in [-0.25, -0.2) is 0 Å². The van der Waals surface area contributed by atoms with Crippen LogP contribution in [-0.2, 0) is 4.79 Å². The van der Waals surface area contributed by atoms with Crippen LogP contribution in [0, 0.1) is 17.8 Å². The average molecular weight is 424 g/mol. The van der Waals surface area contributed by atoms with Gasteiger partial charge in [0.25, 0.3) is 11.1 Å². The number of thioether (sulfide) groups is 1. The van der Waals surface area contributed by atoms with Crippen LogP contribution < -0.4 is 5.32 Å². The monoisotopic (exact) mass is 423 g/mol. The molecule has 0 saturated heterocycles. The van der Waals surface area contributed by atoms with Crippen LogP contribution in [0.2, 0.25) is 0 Å². The number of nitrogens with zero attached hydrogens (tertiary/aromatic N) is 2. The van der Waals surface area contributed by atoms with Crippen molar-refractivity contribution in [2.75, 3.05) is 5.75 Å². The molecule has 1 unspecified atom stereocenters. The van der Waals surface area contributed by atoms with Crippen LogP contribution in [0.15, 0.2) is 9.64 Å². The summed E-state index contributed by atoms with van der Waals surface area (Å²) in [4.78, 5) is 25.9. The third kappa shape index (κ3) is 8.49. The molecule has 2 rings (SSSR count). The predicted molar refractivity (Wildman–Crippen MR) is 116 cm³/mol. The molecule has 7 heteroatoms. The summed E-state index contributed by atoms with van der Waals surface area (Å²) in [7, 11) is 0. The van der Waals surface area contributed by atoms with Crippen molar-refractivity contribution in [3.63, 3.8) is 0 Å². The standard InChI is InChI=1S/C22H37N3O3S/c1-15(2)12-13-29-22-25-24-21(28-22)19(26)18(14-16(3)4)23-20(27)17-10-8-6-5-7-9-11-17/h15-18H,5-14H2,1-4H3,(H,23,27). The van der Waals surface area contributed by atoms with Crippen LogP contribution >= 0.6 is 11.8 Å². The Balaban J connectivity index is 1.99. The quantitative estimate of drug-likeness (QED) is 0.407. The van der Waals surface area contributed by atoms with Crippen LogP contribution in [0.5, 0.6) is 0 Å². The maximum Gasteiger partial charge on any atom is 0.286 e. The van der Waals surface area contributed by atoms with E-state index in [1.165, 1.54) is 31.0 Å². The molecule has 1 fully saturated rings. The summed E-state index contributed by atoms with van der Waals surface area (Å²) in [5.41, 5.74) is 0. The molecule has 1 atom stereocenters. The van der Waals surface area contributed by atoms with Crippen LogP contribution in [0.4, 0.5) is 0 Å². The van der Waals surface area contributed by atoms with Gasteiger partial charge in [-0.1, -0.05) is 71.6 Å². The van der Waals surface area contributed by atoms with Crippen molar-refractivity contribution < 1.29 is 14.0 Å². The normalized spacial score (nSPS) is 17.2. The van der Waals surface area contributed by atoms with Crippen molar-refractivity contribution in [2.45, 2.75) is 96.7 Å². The minimum Gasteiger partial charge on any atom is -0.408 e. The van der Waals surface area contributed by atoms with Crippen molar-refractivity contribution >= 4 is 23.5 Å². The summed E-state index contributed by atoms with van der Waals surface area (Å²) >= 11 is 1.47. The average Bonchev–Trinajstić information content (AvgIpc) is 3.08. The van der Waals surface area contributed by atoms with Crippen LogP contribution in [0.3, 0.4) is 0 Å². The summed E-state index contributed by atoms with van der Waals surface area (Å²) in [5, 5.41) is 11.4. The Morgan fingerprint density at radius 3 is 2.31 bits per heavy atom. The van der Waals surface area contributed by atoms with Crippen LogP contribution in [0.25, 0.3) is 0 Å². The smallest absolute Gasteiger partial charge is 0.286 e. The molecule has 0 spiro atoms. The number of carbonyl (C=O) groups is 2. The molecule has 0 aliphatic heterocycles. The van der Waals surface area contributed by atoms with Crippen LogP contribution in [0.1, 0.15) is 96.2 Å². The number of aromatic nitrogens is 2. The van der Waals surface area contributed by atoms with E-state index in [1.54, 1.807) is 0 Å². The maximum atomic E-state index is 13.0. The summed E-state index contributed by atoms with van der Waals surface area (Å²) in [6.45, 7) is 8.42. The molecule has 1 heterocycles. The first-order chi connectivity index (χ1) is 13.9. The van der Waals surface area contributed by atoms with Crippen molar-refractivity contribution in [2.24, 2.45) is 17.8 Å². The highest BCUT2D eigenvalue weighted by molar-refractivity contribution is 7.99. The fourth-order valence-corrected chi connectivity index (χ4v) is 4.61.